The van der Waals surface area contributed by atoms with Crippen LogP contribution in [0.1, 0.15) is 0 Å². The number of nitrogens with zero attached hydrogens (tertiary/aromatic N) is 1. The molecule has 0 fully saturated rings. The van der Waals surface area contributed by atoms with Crippen molar-refractivity contribution in [1.29, 1.82) is 5.26 Å². The first-order chi connectivity index (χ1) is 2.41. The molecule has 0 saturated heterocycles. The minimum absolute atomic E-state index is 0.0278. The van der Waals surface area contributed by atoms with Crippen molar-refractivity contribution in [2.75, 3.05) is 0 Å². The zero-order valence-corrected chi connectivity index (χ0v) is 4.35. The quantitative estimate of drug-likeness (QED) is 0.471. The molecule has 0 aromatic rings. The Kier molecular flexibility index (Phi) is 3.56. The molecule has 0 aromatic carbocycles. The Bertz CT molecular complexity index is 61.8. The van der Waals surface area contributed by atoms with Crippen LogP contribution in [0.3, 0.4) is 0 Å². The van der Waals surface area contributed by atoms with Gasteiger partial charge < -0.3 is 0 Å². The Morgan fingerprint density at radius 1 is 2.00 bits per heavy atom. The number of nitriles is 1. The topological polar surface area (TPSA) is 23.8 Å². The molecule has 0 atom stereocenters. The van der Waals surface area contributed by atoms with Gasteiger partial charge in [-0.05, 0) is 0 Å². The maximum atomic E-state index is 7.77. The Labute approximate surface area is 37.5 Å². The molecule has 1 nitrogen and oxygen atoms in total. The van der Waals surface area contributed by atoms with Crippen LogP contribution in [0.25, 0.3) is 0 Å². The minimum atomic E-state index is 0.0278. The van der Waals surface area contributed by atoms with Crippen LogP contribution in [0.15, 0.2) is 11.6 Å². The van der Waals surface area contributed by atoms with E-state index in [1.807, 2.05) is 4.97 Å². The predicted molar refractivity (Wildman–Crippen MR) is 21.6 cm³/mol. The summed E-state index contributed by atoms with van der Waals surface area (Å²) in [6.45, 7) is 3.36. The van der Waals surface area contributed by atoms with E-state index in [9.17, 15) is 0 Å². The second kappa shape index (κ2) is 3.75. The fourth-order valence-electron chi connectivity index (χ4n) is 0.0373. The van der Waals surface area contributed by atoms with Crippen LogP contribution in [0.5, 0.6) is 0 Å². The van der Waals surface area contributed by atoms with E-state index in [0.717, 1.165) is 0 Å². The summed E-state index contributed by atoms with van der Waals surface area (Å²) in [4.78, 5) is 3.59. The molecule has 0 heterocycles. The van der Waals surface area contributed by atoms with Crippen molar-refractivity contribution in [3.63, 3.8) is 0 Å². The molecule has 2 heteroatoms. The van der Waals surface area contributed by atoms with Crippen molar-refractivity contribution in [3.05, 3.63) is 11.6 Å². The Hall–Kier alpha value is -0.251. The molecule has 0 aromatic heterocycles. The van der Waals surface area contributed by atoms with Crippen LogP contribution in [-0.4, -0.2) is 15.0 Å². The van der Waals surface area contributed by atoms with Crippen LogP contribution in [-0.2, 0) is 0 Å². The molecule has 0 saturated carbocycles. The summed E-state index contributed by atoms with van der Waals surface area (Å²) in [7, 11) is 0. The van der Waals surface area contributed by atoms with Gasteiger partial charge in [0.2, 0.25) is 0 Å². The van der Waals surface area contributed by atoms with Gasteiger partial charge in [0.05, 0.1) is 0 Å². The molecular formula is C3H3NSe. The van der Waals surface area contributed by atoms with Crippen molar-refractivity contribution in [1.82, 2.24) is 0 Å². The van der Waals surface area contributed by atoms with E-state index < -0.39 is 0 Å². The van der Waals surface area contributed by atoms with E-state index in [1.165, 1.54) is 0 Å². The molecular weight excluding hydrogens is 129 g/mol. The standard InChI is InChI=1S/C3H3NSe/c1-2-5-3-4/h2H,1H2. The SMILES string of the molecule is C=C[Se]C#N. The average Bonchev–Trinajstić information content (AvgIpc) is 1.41. The molecule has 0 aliphatic rings. The van der Waals surface area contributed by atoms with Crippen molar-refractivity contribution in [2.45, 2.75) is 0 Å². The first-order valence-electron chi connectivity index (χ1n) is 1.07. The van der Waals surface area contributed by atoms with Gasteiger partial charge in [-0.3, -0.25) is 0 Å². The summed E-state index contributed by atoms with van der Waals surface area (Å²) in [6.07, 6.45) is 0. The molecule has 5 heavy (non-hydrogen) atoms. The van der Waals surface area contributed by atoms with Gasteiger partial charge in [-0.2, -0.15) is 0 Å². The maximum absolute atomic E-state index is 7.77. The normalized spacial score (nSPS) is 5.40. The number of rotatable bonds is 1. The van der Waals surface area contributed by atoms with Gasteiger partial charge in [0, 0.05) is 0 Å². The fourth-order valence-corrected chi connectivity index (χ4v) is 0.194. The number of hydrogen-bond acceptors (Lipinski definition) is 1. The van der Waals surface area contributed by atoms with Crippen LogP contribution in [0, 0.1) is 10.2 Å². The van der Waals surface area contributed by atoms with Gasteiger partial charge in [-0.15, -0.1) is 0 Å². The zero-order chi connectivity index (χ0) is 4.12. The Balaban J connectivity index is 2.75. The van der Waals surface area contributed by atoms with Gasteiger partial charge in [0.15, 0.2) is 0 Å². The van der Waals surface area contributed by atoms with Gasteiger partial charge in [0.1, 0.15) is 0 Å². The van der Waals surface area contributed by atoms with Gasteiger partial charge in [0.25, 0.3) is 0 Å². The van der Waals surface area contributed by atoms with Crippen LogP contribution in [0.2, 0.25) is 0 Å². The van der Waals surface area contributed by atoms with Crippen molar-refractivity contribution in [3.8, 4) is 4.97 Å². The van der Waals surface area contributed by atoms with E-state index in [-0.39, 0.29) is 15.0 Å². The Morgan fingerprint density at radius 3 is 2.60 bits per heavy atom. The molecule has 0 spiro atoms. The van der Waals surface area contributed by atoms with Gasteiger partial charge in [-0.1, -0.05) is 0 Å². The van der Waals surface area contributed by atoms with E-state index in [1.54, 1.807) is 4.97 Å². The third kappa shape index (κ3) is 3.75. The van der Waals surface area contributed by atoms with E-state index in [0.29, 0.717) is 0 Å². The van der Waals surface area contributed by atoms with Crippen LogP contribution >= 0.6 is 0 Å². The monoisotopic (exact) mass is 133 g/mol. The Morgan fingerprint density at radius 2 is 2.60 bits per heavy atom. The van der Waals surface area contributed by atoms with E-state index in [4.69, 9.17) is 5.26 Å². The second-order valence-electron chi connectivity index (χ2n) is 0.376. The summed E-state index contributed by atoms with van der Waals surface area (Å²) >= 11 is 0.0278. The molecule has 0 bridgehead atoms. The summed E-state index contributed by atoms with van der Waals surface area (Å²) in [5.41, 5.74) is 0. The molecule has 0 unspecified atom stereocenters. The van der Waals surface area contributed by atoms with Crippen LogP contribution in [0.4, 0.5) is 0 Å². The molecule has 0 rings (SSSR count). The predicted octanol–water partition coefficient (Wildman–Crippen LogP) is 0.315. The van der Waals surface area contributed by atoms with Gasteiger partial charge >= 0.3 is 36.7 Å². The second-order valence-corrected chi connectivity index (χ2v) is 1.95. The molecule has 0 aliphatic carbocycles. The molecule has 26 valence electrons. The molecule has 0 amide bonds. The first-order valence-corrected chi connectivity index (χ1v) is 2.92. The number of hydrogen-bond donors (Lipinski definition) is 0. The summed E-state index contributed by atoms with van der Waals surface area (Å²) < 4.78 is 0. The van der Waals surface area contributed by atoms with E-state index >= 15 is 0 Å². The molecule has 0 aliphatic heterocycles. The zero-order valence-electron chi connectivity index (χ0n) is 2.64. The summed E-state index contributed by atoms with van der Waals surface area (Å²) in [6, 6.07) is 0. The van der Waals surface area contributed by atoms with E-state index in [2.05, 4.69) is 6.58 Å². The van der Waals surface area contributed by atoms with Crippen molar-refractivity contribution >= 4 is 15.0 Å². The average molecular weight is 132 g/mol. The van der Waals surface area contributed by atoms with Crippen molar-refractivity contribution < 1.29 is 0 Å². The molecule has 0 N–H and O–H groups in total. The van der Waals surface area contributed by atoms with Crippen molar-refractivity contribution in [2.24, 2.45) is 0 Å². The summed E-state index contributed by atoms with van der Waals surface area (Å²) in [5, 5.41) is 7.77. The summed E-state index contributed by atoms with van der Waals surface area (Å²) in [5.74, 6) is 0. The molecule has 0 radical (unpaired) electrons. The third-order valence-corrected chi connectivity index (χ3v) is 0.707. The fraction of sp³-hybridized carbons (Fsp3) is 0. The van der Waals surface area contributed by atoms with Crippen LogP contribution < -0.4 is 0 Å². The third-order valence-electron chi connectivity index (χ3n) is 0.136. The van der Waals surface area contributed by atoms with Gasteiger partial charge in [-0.25, -0.2) is 0 Å². The first kappa shape index (κ1) is 4.75.